The molecule has 0 bridgehead atoms. The van der Waals surface area contributed by atoms with Crippen molar-refractivity contribution >= 4 is 0 Å². The molecule has 5 nitrogen and oxygen atoms in total. The molecular formula is C12H15N3O2. The van der Waals surface area contributed by atoms with E-state index in [4.69, 9.17) is 10.3 Å². The SMILES string of the molecule is Cc1cc(C)c(-c2noc(CN)n2)c(O)c1C. The average molecular weight is 233 g/mol. The lowest BCUT2D eigenvalue weighted by atomic mass is 9.99. The third-order valence-electron chi connectivity index (χ3n) is 2.88. The maximum Gasteiger partial charge on any atom is 0.240 e. The van der Waals surface area contributed by atoms with Gasteiger partial charge in [-0.2, -0.15) is 4.98 Å². The number of aryl methyl sites for hydroxylation is 2. The molecule has 0 aliphatic rings. The van der Waals surface area contributed by atoms with Crippen LogP contribution in [0.1, 0.15) is 22.6 Å². The van der Waals surface area contributed by atoms with Crippen LogP contribution in [0.2, 0.25) is 0 Å². The summed E-state index contributed by atoms with van der Waals surface area (Å²) in [6.07, 6.45) is 0. The van der Waals surface area contributed by atoms with E-state index >= 15 is 0 Å². The van der Waals surface area contributed by atoms with Crippen molar-refractivity contribution in [1.82, 2.24) is 10.1 Å². The fraction of sp³-hybridized carbons (Fsp3) is 0.333. The smallest absolute Gasteiger partial charge is 0.240 e. The van der Waals surface area contributed by atoms with Crippen molar-refractivity contribution in [3.05, 3.63) is 28.6 Å². The van der Waals surface area contributed by atoms with Gasteiger partial charge in [-0.1, -0.05) is 11.2 Å². The van der Waals surface area contributed by atoms with Gasteiger partial charge in [0.2, 0.25) is 11.7 Å². The summed E-state index contributed by atoms with van der Waals surface area (Å²) in [4.78, 5) is 4.13. The third kappa shape index (κ3) is 1.89. The van der Waals surface area contributed by atoms with Gasteiger partial charge in [0.25, 0.3) is 0 Å². The molecule has 0 unspecified atom stereocenters. The van der Waals surface area contributed by atoms with Crippen molar-refractivity contribution in [2.24, 2.45) is 5.73 Å². The van der Waals surface area contributed by atoms with Crippen LogP contribution in [0.15, 0.2) is 10.6 Å². The first-order valence-corrected chi connectivity index (χ1v) is 5.37. The Hall–Kier alpha value is -1.88. The van der Waals surface area contributed by atoms with E-state index < -0.39 is 0 Å². The molecule has 17 heavy (non-hydrogen) atoms. The predicted molar refractivity (Wildman–Crippen MR) is 63.5 cm³/mol. The van der Waals surface area contributed by atoms with Gasteiger partial charge in [-0.05, 0) is 37.5 Å². The maximum atomic E-state index is 10.1. The van der Waals surface area contributed by atoms with Gasteiger partial charge in [0.15, 0.2) is 0 Å². The van der Waals surface area contributed by atoms with Gasteiger partial charge < -0.3 is 15.4 Å². The van der Waals surface area contributed by atoms with Crippen LogP contribution in [-0.2, 0) is 6.54 Å². The molecular weight excluding hydrogens is 218 g/mol. The fourth-order valence-corrected chi connectivity index (χ4v) is 1.79. The van der Waals surface area contributed by atoms with Gasteiger partial charge in [-0.25, -0.2) is 0 Å². The van der Waals surface area contributed by atoms with Crippen molar-refractivity contribution in [2.75, 3.05) is 0 Å². The maximum absolute atomic E-state index is 10.1. The minimum atomic E-state index is 0.192. The standard InChI is InChI=1S/C12H15N3O2/c1-6-4-7(2)10(11(16)8(6)3)12-14-9(5-13)17-15-12/h4,16H,5,13H2,1-3H3. The topological polar surface area (TPSA) is 85.2 Å². The second kappa shape index (κ2) is 4.18. The number of rotatable bonds is 2. The van der Waals surface area contributed by atoms with E-state index in [1.54, 1.807) is 0 Å². The molecule has 0 atom stereocenters. The Labute approximate surface area is 99.3 Å². The number of hydrogen-bond acceptors (Lipinski definition) is 5. The number of phenolic OH excluding ortho intramolecular Hbond substituents is 1. The van der Waals surface area contributed by atoms with E-state index in [1.807, 2.05) is 26.8 Å². The first kappa shape index (κ1) is 11.6. The van der Waals surface area contributed by atoms with E-state index in [-0.39, 0.29) is 12.3 Å². The van der Waals surface area contributed by atoms with Gasteiger partial charge in [0, 0.05) is 0 Å². The van der Waals surface area contributed by atoms with Crippen LogP contribution >= 0.6 is 0 Å². The summed E-state index contributed by atoms with van der Waals surface area (Å²) in [6.45, 7) is 5.91. The van der Waals surface area contributed by atoms with Crippen LogP contribution in [0.3, 0.4) is 0 Å². The highest BCUT2D eigenvalue weighted by atomic mass is 16.5. The zero-order chi connectivity index (χ0) is 12.6. The average Bonchev–Trinajstić information content (AvgIpc) is 2.74. The van der Waals surface area contributed by atoms with E-state index in [9.17, 15) is 5.11 Å². The Morgan fingerprint density at radius 2 is 2.00 bits per heavy atom. The minimum absolute atomic E-state index is 0.192. The molecule has 3 N–H and O–H groups in total. The number of aromatic nitrogens is 2. The molecule has 0 saturated heterocycles. The third-order valence-corrected chi connectivity index (χ3v) is 2.88. The molecule has 1 aromatic heterocycles. The summed E-state index contributed by atoms with van der Waals surface area (Å²) in [5.41, 5.74) is 8.79. The Balaban J connectivity index is 2.62. The summed E-state index contributed by atoms with van der Waals surface area (Å²) >= 11 is 0. The van der Waals surface area contributed by atoms with E-state index in [0.717, 1.165) is 16.7 Å². The Bertz CT molecular complexity index is 561. The summed E-state index contributed by atoms with van der Waals surface area (Å²) in [6, 6.07) is 1.99. The molecule has 0 amide bonds. The van der Waals surface area contributed by atoms with Crippen LogP contribution in [0, 0.1) is 20.8 Å². The lowest BCUT2D eigenvalue weighted by molar-refractivity contribution is 0.380. The molecule has 2 rings (SSSR count). The summed E-state index contributed by atoms with van der Waals surface area (Å²) in [7, 11) is 0. The van der Waals surface area contributed by atoms with E-state index in [2.05, 4.69) is 10.1 Å². The number of aromatic hydroxyl groups is 1. The fourth-order valence-electron chi connectivity index (χ4n) is 1.79. The van der Waals surface area contributed by atoms with Crippen molar-refractivity contribution in [2.45, 2.75) is 27.3 Å². The zero-order valence-electron chi connectivity index (χ0n) is 10.1. The van der Waals surface area contributed by atoms with Crippen LogP contribution in [-0.4, -0.2) is 15.2 Å². The van der Waals surface area contributed by atoms with Crippen LogP contribution in [0.5, 0.6) is 5.75 Å². The second-order valence-electron chi connectivity index (χ2n) is 4.07. The predicted octanol–water partition coefficient (Wildman–Crippen LogP) is 1.83. The summed E-state index contributed by atoms with van der Waals surface area (Å²) < 4.78 is 4.95. The Morgan fingerprint density at radius 3 is 2.59 bits per heavy atom. The molecule has 1 aromatic carbocycles. The molecule has 1 heterocycles. The second-order valence-corrected chi connectivity index (χ2v) is 4.07. The van der Waals surface area contributed by atoms with Crippen LogP contribution < -0.4 is 5.73 Å². The first-order chi connectivity index (χ1) is 8.04. The summed E-state index contributed by atoms with van der Waals surface area (Å²) in [5.74, 6) is 0.937. The van der Waals surface area contributed by atoms with Gasteiger partial charge >= 0.3 is 0 Å². The van der Waals surface area contributed by atoms with Gasteiger partial charge in [0.1, 0.15) is 5.75 Å². The number of benzene rings is 1. The molecule has 2 aromatic rings. The number of phenols is 1. The van der Waals surface area contributed by atoms with Crippen molar-refractivity contribution in [3.8, 4) is 17.1 Å². The molecule has 0 aliphatic carbocycles. The van der Waals surface area contributed by atoms with Crippen molar-refractivity contribution in [1.29, 1.82) is 0 Å². The van der Waals surface area contributed by atoms with Gasteiger partial charge in [-0.3, -0.25) is 0 Å². The number of nitrogens with zero attached hydrogens (tertiary/aromatic N) is 2. The van der Waals surface area contributed by atoms with Gasteiger partial charge in [-0.15, -0.1) is 0 Å². The largest absolute Gasteiger partial charge is 0.507 e. The molecule has 0 spiro atoms. The quantitative estimate of drug-likeness (QED) is 0.826. The van der Waals surface area contributed by atoms with E-state index in [1.165, 1.54) is 0 Å². The first-order valence-electron chi connectivity index (χ1n) is 5.37. The molecule has 0 aliphatic heterocycles. The molecule has 90 valence electrons. The van der Waals surface area contributed by atoms with Crippen molar-refractivity contribution < 1.29 is 9.63 Å². The van der Waals surface area contributed by atoms with Gasteiger partial charge in [0.05, 0.1) is 12.1 Å². The Morgan fingerprint density at radius 1 is 1.29 bits per heavy atom. The highest BCUT2D eigenvalue weighted by molar-refractivity contribution is 5.70. The minimum Gasteiger partial charge on any atom is -0.507 e. The zero-order valence-corrected chi connectivity index (χ0v) is 10.1. The molecule has 0 fully saturated rings. The monoisotopic (exact) mass is 233 g/mol. The highest BCUT2D eigenvalue weighted by Crippen LogP contribution is 2.35. The van der Waals surface area contributed by atoms with Crippen LogP contribution in [0.25, 0.3) is 11.4 Å². The molecule has 5 heteroatoms. The highest BCUT2D eigenvalue weighted by Gasteiger charge is 2.17. The normalized spacial score (nSPS) is 10.8. The lowest BCUT2D eigenvalue weighted by Crippen LogP contribution is -1.96. The van der Waals surface area contributed by atoms with E-state index in [0.29, 0.717) is 17.3 Å². The molecule has 0 saturated carbocycles. The number of hydrogen-bond donors (Lipinski definition) is 2. The summed E-state index contributed by atoms with van der Waals surface area (Å²) in [5, 5.41) is 14.0. The number of nitrogens with two attached hydrogens (primary N) is 1. The molecule has 0 radical (unpaired) electrons. The lowest BCUT2D eigenvalue weighted by Gasteiger charge is -2.10. The van der Waals surface area contributed by atoms with Crippen molar-refractivity contribution in [3.63, 3.8) is 0 Å². The van der Waals surface area contributed by atoms with Crippen LogP contribution in [0.4, 0.5) is 0 Å². The Kier molecular flexibility index (Phi) is 2.85.